The Labute approximate surface area is 124 Å². The van der Waals surface area contributed by atoms with Gasteiger partial charge in [0.15, 0.2) is 11.6 Å². The zero-order valence-corrected chi connectivity index (χ0v) is 11.1. The number of benzene rings is 2. The minimum absolute atomic E-state index is 0.0544. The third-order valence-electron chi connectivity index (χ3n) is 3.43. The van der Waals surface area contributed by atoms with Gasteiger partial charge in [-0.25, -0.2) is 0 Å². The monoisotopic (exact) mass is 295 g/mol. The summed E-state index contributed by atoms with van der Waals surface area (Å²) in [5.74, 6) is -1.15. The Kier molecular flexibility index (Phi) is 3.06. The van der Waals surface area contributed by atoms with E-state index < -0.39 is 16.5 Å². The maximum Gasteiger partial charge on any atom is 0.270 e. The summed E-state index contributed by atoms with van der Waals surface area (Å²) >= 11 is 0. The molecule has 0 fully saturated rings. The van der Waals surface area contributed by atoms with E-state index in [4.69, 9.17) is 0 Å². The summed E-state index contributed by atoms with van der Waals surface area (Å²) in [6.07, 6.45) is 1.19. The number of fused-ring (bicyclic) bond motifs is 1. The maximum atomic E-state index is 12.2. The van der Waals surface area contributed by atoms with Crippen LogP contribution in [0.15, 0.2) is 48.0 Å². The lowest BCUT2D eigenvalue weighted by Gasteiger charge is -2.00. The Morgan fingerprint density at radius 3 is 2.14 bits per heavy atom. The summed E-state index contributed by atoms with van der Waals surface area (Å²) in [6.45, 7) is 0. The van der Waals surface area contributed by atoms with Crippen LogP contribution in [-0.4, -0.2) is 21.6 Å². The van der Waals surface area contributed by atoms with Gasteiger partial charge in [-0.1, -0.05) is 24.3 Å². The first-order valence-corrected chi connectivity index (χ1v) is 6.36. The third-order valence-corrected chi connectivity index (χ3v) is 3.43. The Bertz CT molecular complexity index is 830. The number of non-ortho nitro benzene ring substituents is 1. The highest BCUT2D eigenvalue weighted by Crippen LogP contribution is 2.31. The highest BCUT2D eigenvalue weighted by molar-refractivity contribution is 6.41. The first-order valence-electron chi connectivity index (χ1n) is 6.36. The molecule has 2 aromatic carbocycles. The van der Waals surface area contributed by atoms with Gasteiger partial charge in [0.25, 0.3) is 5.69 Å². The van der Waals surface area contributed by atoms with Crippen molar-refractivity contribution in [2.24, 2.45) is 0 Å². The van der Waals surface area contributed by atoms with Crippen molar-refractivity contribution in [3.63, 3.8) is 0 Å². The largest absolute Gasteiger partial charge is 0.507 e. The van der Waals surface area contributed by atoms with E-state index in [1.54, 1.807) is 24.3 Å². The Morgan fingerprint density at radius 2 is 1.59 bits per heavy atom. The number of nitro groups is 1. The molecule has 0 aliphatic heterocycles. The zero-order valence-electron chi connectivity index (χ0n) is 11.1. The van der Waals surface area contributed by atoms with Crippen LogP contribution in [0.25, 0.3) is 6.08 Å². The average Bonchev–Trinajstić information content (AvgIpc) is 2.74. The highest BCUT2D eigenvalue weighted by Gasteiger charge is 2.32. The van der Waals surface area contributed by atoms with Gasteiger partial charge >= 0.3 is 0 Å². The minimum atomic E-state index is -0.617. The molecule has 6 heteroatoms. The molecule has 2 aromatic rings. The Balaban J connectivity index is 2.11. The van der Waals surface area contributed by atoms with Crippen LogP contribution in [0.1, 0.15) is 26.3 Å². The van der Waals surface area contributed by atoms with E-state index in [1.807, 2.05) is 0 Å². The summed E-state index contributed by atoms with van der Waals surface area (Å²) in [7, 11) is 0. The summed E-state index contributed by atoms with van der Waals surface area (Å²) < 4.78 is 0. The van der Waals surface area contributed by atoms with Gasteiger partial charge in [-0.05, 0) is 12.1 Å². The van der Waals surface area contributed by atoms with E-state index in [-0.39, 0.29) is 22.6 Å². The first-order chi connectivity index (χ1) is 10.5. The number of allylic oxidation sites excluding steroid dienone is 1. The van der Waals surface area contributed by atoms with Crippen LogP contribution < -0.4 is 0 Å². The zero-order chi connectivity index (χ0) is 15.9. The van der Waals surface area contributed by atoms with Gasteiger partial charge in [-0.2, -0.15) is 0 Å². The summed E-state index contributed by atoms with van der Waals surface area (Å²) in [5, 5.41) is 20.6. The lowest BCUT2D eigenvalue weighted by atomic mass is 10.1. The van der Waals surface area contributed by atoms with Crippen LogP contribution in [0.3, 0.4) is 0 Å². The van der Waals surface area contributed by atoms with Crippen LogP contribution >= 0.6 is 0 Å². The molecule has 1 aliphatic carbocycles. The number of rotatable bonds is 2. The number of carbonyl (C=O) groups excluding carboxylic acids is 2. The number of Topliss-reactive ketones (excluding diaryl/α,β-unsaturated/α-hetero) is 2. The fraction of sp³-hybridized carbons (Fsp3) is 0. The van der Waals surface area contributed by atoms with Crippen LogP contribution in [0.4, 0.5) is 5.69 Å². The third kappa shape index (κ3) is 2.07. The number of hydrogen-bond acceptors (Lipinski definition) is 5. The number of aromatic hydroxyl groups is 1. The molecule has 108 valence electrons. The molecule has 1 aliphatic rings. The number of phenols is 1. The summed E-state index contributed by atoms with van der Waals surface area (Å²) in [5.41, 5.74) is 0.295. The fourth-order valence-electron chi connectivity index (χ4n) is 2.33. The lowest BCUT2D eigenvalue weighted by molar-refractivity contribution is -0.384. The SMILES string of the molecule is O=C1C(=Cc2cc([N+](=O)[O-])ccc2O)C(=O)c2ccccc21. The van der Waals surface area contributed by atoms with E-state index in [1.165, 1.54) is 6.08 Å². The first kappa shape index (κ1) is 13.7. The van der Waals surface area contributed by atoms with Crippen molar-refractivity contribution in [2.75, 3.05) is 0 Å². The molecular formula is C16H9NO5. The Hall–Kier alpha value is -3.28. The van der Waals surface area contributed by atoms with Gasteiger partial charge in [-0.3, -0.25) is 19.7 Å². The van der Waals surface area contributed by atoms with Crippen molar-refractivity contribution < 1.29 is 19.6 Å². The number of phenolic OH excluding ortho intramolecular Hbond substituents is 1. The lowest BCUT2D eigenvalue weighted by Crippen LogP contribution is -2.00. The molecule has 6 nitrogen and oxygen atoms in total. The topological polar surface area (TPSA) is 97.5 Å². The van der Waals surface area contributed by atoms with E-state index in [2.05, 4.69) is 0 Å². The smallest absolute Gasteiger partial charge is 0.270 e. The second-order valence-electron chi connectivity index (χ2n) is 4.76. The molecule has 0 amide bonds. The second-order valence-corrected chi connectivity index (χ2v) is 4.76. The number of nitrogens with zero attached hydrogens (tertiary/aromatic N) is 1. The predicted octanol–water partition coefficient (Wildman–Crippen LogP) is 2.76. The summed E-state index contributed by atoms with van der Waals surface area (Å²) in [4.78, 5) is 34.6. The molecule has 0 bridgehead atoms. The number of hydrogen-bond donors (Lipinski definition) is 1. The quantitative estimate of drug-likeness (QED) is 0.397. The normalized spacial score (nSPS) is 13.2. The molecule has 0 saturated heterocycles. The molecular weight excluding hydrogens is 286 g/mol. The van der Waals surface area contributed by atoms with Gasteiger partial charge < -0.3 is 5.11 Å². The van der Waals surface area contributed by atoms with Crippen LogP contribution in [0.5, 0.6) is 5.75 Å². The van der Waals surface area contributed by atoms with Crippen molar-refractivity contribution in [1.82, 2.24) is 0 Å². The van der Waals surface area contributed by atoms with Gasteiger partial charge in [-0.15, -0.1) is 0 Å². The molecule has 3 rings (SSSR count). The van der Waals surface area contributed by atoms with Crippen molar-refractivity contribution in [3.05, 3.63) is 74.8 Å². The molecule has 0 unspecified atom stereocenters. The summed E-state index contributed by atoms with van der Waals surface area (Å²) in [6, 6.07) is 9.81. The molecule has 0 aromatic heterocycles. The van der Waals surface area contributed by atoms with Gasteiger partial charge in [0.1, 0.15) is 5.75 Å². The van der Waals surface area contributed by atoms with Crippen molar-refractivity contribution in [1.29, 1.82) is 0 Å². The molecule has 0 radical (unpaired) electrons. The van der Waals surface area contributed by atoms with Crippen LogP contribution in [0.2, 0.25) is 0 Å². The van der Waals surface area contributed by atoms with E-state index in [9.17, 15) is 24.8 Å². The molecule has 0 saturated carbocycles. The van der Waals surface area contributed by atoms with Gasteiger partial charge in [0.2, 0.25) is 0 Å². The van der Waals surface area contributed by atoms with E-state index in [0.29, 0.717) is 11.1 Å². The van der Waals surface area contributed by atoms with Crippen LogP contribution in [-0.2, 0) is 0 Å². The molecule has 0 atom stereocenters. The van der Waals surface area contributed by atoms with Gasteiger partial charge in [0.05, 0.1) is 10.5 Å². The number of carbonyl (C=O) groups is 2. The maximum absolute atomic E-state index is 12.2. The molecule has 0 heterocycles. The number of ketones is 2. The Morgan fingerprint density at radius 1 is 1.00 bits per heavy atom. The van der Waals surface area contributed by atoms with Crippen molar-refractivity contribution in [2.45, 2.75) is 0 Å². The predicted molar refractivity (Wildman–Crippen MR) is 77.8 cm³/mol. The van der Waals surface area contributed by atoms with E-state index in [0.717, 1.165) is 18.2 Å². The molecule has 1 N–H and O–H groups in total. The average molecular weight is 295 g/mol. The van der Waals surface area contributed by atoms with Crippen molar-refractivity contribution >= 4 is 23.3 Å². The van der Waals surface area contributed by atoms with Crippen molar-refractivity contribution in [3.8, 4) is 5.75 Å². The minimum Gasteiger partial charge on any atom is -0.507 e. The number of nitro benzene ring substituents is 1. The molecule has 0 spiro atoms. The standard InChI is InChI=1S/C16H9NO5/c18-14-6-5-10(17(21)22)7-9(14)8-13-15(19)11-3-1-2-4-12(11)16(13)20/h1-8,18H. The highest BCUT2D eigenvalue weighted by atomic mass is 16.6. The van der Waals surface area contributed by atoms with Gasteiger partial charge in [0, 0.05) is 28.8 Å². The van der Waals surface area contributed by atoms with E-state index >= 15 is 0 Å². The second kappa shape index (κ2) is 4.92. The fourth-order valence-corrected chi connectivity index (χ4v) is 2.33. The van der Waals surface area contributed by atoms with Crippen LogP contribution in [0, 0.1) is 10.1 Å². The molecule has 22 heavy (non-hydrogen) atoms.